The average molecular weight is 499 g/mol. The van der Waals surface area contributed by atoms with E-state index in [0.717, 1.165) is 10.9 Å². The molecule has 1 N–H and O–H groups in total. The van der Waals surface area contributed by atoms with Crippen molar-refractivity contribution >= 4 is 38.6 Å². The summed E-state index contributed by atoms with van der Waals surface area (Å²) >= 11 is 0. The number of carbonyl (C=O) groups excluding carboxylic acids is 3. The van der Waals surface area contributed by atoms with E-state index in [1.54, 1.807) is 13.0 Å². The van der Waals surface area contributed by atoms with E-state index in [2.05, 4.69) is 4.98 Å². The number of fused-ring (bicyclic) bond motifs is 1. The molecule has 10 heteroatoms. The number of benzene rings is 2. The number of nitrogens with one attached hydrogen (secondary N) is 1. The van der Waals surface area contributed by atoms with Crippen LogP contribution in [0.25, 0.3) is 10.9 Å². The molecule has 184 valence electrons. The van der Waals surface area contributed by atoms with Crippen LogP contribution in [-0.2, 0) is 24.3 Å². The van der Waals surface area contributed by atoms with Gasteiger partial charge in [0.2, 0.25) is 15.8 Å². The maximum Gasteiger partial charge on any atom is 0.339 e. The summed E-state index contributed by atoms with van der Waals surface area (Å²) in [5.41, 5.74) is 2.00. The summed E-state index contributed by atoms with van der Waals surface area (Å²) in [4.78, 5) is 40.4. The van der Waals surface area contributed by atoms with Gasteiger partial charge in [-0.25, -0.2) is 13.2 Å². The molecule has 2 heterocycles. The van der Waals surface area contributed by atoms with Crippen molar-refractivity contribution in [2.45, 2.75) is 24.7 Å². The van der Waals surface area contributed by atoms with Crippen LogP contribution in [0.1, 0.15) is 39.3 Å². The van der Waals surface area contributed by atoms with E-state index in [0.29, 0.717) is 11.3 Å². The second-order valence-electron chi connectivity index (χ2n) is 8.37. The Hall–Kier alpha value is -3.50. The third-order valence-electron chi connectivity index (χ3n) is 6.22. The molecule has 35 heavy (non-hydrogen) atoms. The zero-order valence-electron chi connectivity index (χ0n) is 19.4. The zero-order chi connectivity index (χ0) is 25.2. The molecule has 0 atom stereocenters. The number of methoxy groups -OCH3 is 1. The summed E-state index contributed by atoms with van der Waals surface area (Å²) < 4.78 is 37.5. The number of aromatic nitrogens is 1. The fraction of sp³-hybridized carbons (Fsp3) is 0.320. The van der Waals surface area contributed by atoms with Gasteiger partial charge in [-0.3, -0.25) is 9.59 Å². The second-order valence-corrected chi connectivity index (χ2v) is 10.3. The highest BCUT2D eigenvalue weighted by Crippen LogP contribution is 2.27. The Morgan fingerprint density at radius 2 is 1.69 bits per heavy atom. The van der Waals surface area contributed by atoms with Crippen molar-refractivity contribution < 1.29 is 32.3 Å². The number of H-pyrrole nitrogens is 1. The van der Waals surface area contributed by atoms with Crippen LogP contribution in [0.5, 0.6) is 0 Å². The van der Waals surface area contributed by atoms with Gasteiger partial charge in [0, 0.05) is 35.2 Å². The number of para-hydroxylation sites is 1. The number of ketones is 1. The number of aryl methyl sites for hydroxylation is 1. The molecule has 1 fully saturated rings. The van der Waals surface area contributed by atoms with E-state index in [1.807, 2.05) is 24.3 Å². The number of nitrogens with zero attached hydrogens (tertiary/aromatic N) is 1. The largest absolute Gasteiger partial charge is 0.465 e. The predicted octanol–water partition coefficient (Wildman–Crippen LogP) is 3.09. The molecule has 1 saturated heterocycles. The number of aromatic amines is 1. The first kappa shape index (κ1) is 24.6. The highest BCUT2D eigenvalue weighted by atomic mass is 32.2. The lowest BCUT2D eigenvalue weighted by Gasteiger charge is -2.30. The Kier molecular flexibility index (Phi) is 7.04. The molecule has 3 aromatic rings. The van der Waals surface area contributed by atoms with E-state index in [-0.39, 0.29) is 48.8 Å². The maximum atomic E-state index is 13.1. The molecule has 0 radical (unpaired) electrons. The van der Waals surface area contributed by atoms with Gasteiger partial charge >= 0.3 is 11.9 Å². The van der Waals surface area contributed by atoms with Gasteiger partial charge in [-0.05, 0) is 38.0 Å². The van der Waals surface area contributed by atoms with Crippen LogP contribution in [0.3, 0.4) is 0 Å². The van der Waals surface area contributed by atoms with Gasteiger partial charge in [0.15, 0.2) is 6.61 Å². The first-order chi connectivity index (χ1) is 16.7. The molecule has 0 spiro atoms. The molecule has 0 saturated carbocycles. The van der Waals surface area contributed by atoms with Gasteiger partial charge in [0.25, 0.3) is 0 Å². The van der Waals surface area contributed by atoms with Crippen molar-refractivity contribution in [2.75, 3.05) is 26.8 Å². The molecule has 1 aliphatic heterocycles. The smallest absolute Gasteiger partial charge is 0.339 e. The summed E-state index contributed by atoms with van der Waals surface area (Å²) in [5, 5.41) is 0.775. The monoisotopic (exact) mass is 498 g/mol. The molecule has 0 bridgehead atoms. The van der Waals surface area contributed by atoms with E-state index in [9.17, 15) is 22.8 Å². The number of rotatable bonds is 7. The van der Waals surface area contributed by atoms with Crippen molar-refractivity contribution in [1.82, 2.24) is 9.29 Å². The second kappa shape index (κ2) is 10.0. The number of hydrogen-bond donors (Lipinski definition) is 1. The lowest BCUT2D eigenvalue weighted by Crippen LogP contribution is -2.41. The van der Waals surface area contributed by atoms with Crippen molar-refractivity contribution in [3.05, 3.63) is 65.4 Å². The number of piperidine rings is 1. The van der Waals surface area contributed by atoms with Crippen molar-refractivity contribution in [1.29, 1.82) is 0 Å². The van der Waals surface area contributed by atoms with E-state index in [4.69, 9.17) is 9.47 Å². The lowest BCUT2D eigenvalue weighted by molar-refractivity contribution is -0.148. The van der Waals surface area contributed by atoms with Gasteiger partial charge in [-0.1, -0.05) is 30.3 Å². The summed E-state index contributed by atoms with van der Waals surface area (Å²) in [6.07, 6.45) is 0.498. The van der Waals surface area contributed by atoms with Crippen LogP contribution in [-0.4, -0.2) is 62.2 Å². The van der Waals surface area contributed by atoms with Crippen LogP contribution in [0, 0.1) is 12.8 Å². The lowest BCUT2D eigenvalue weighted by atomic mass is 9.98. The van der Waals surface area contributed by atoms with E-state index < -0.39 is 27.9 Å². The summed E-state index contributed by atoms with van der Waals surface area (Å²) in [5.74, 6) is -2.08. The maximum absolute atomic E-state index is 13.1. The molecular weight excluding hydrogens is 472 g/mol. The van der Waals surface area contributed by atoms with Gasteiger partial charge < -0.3 is 14.5 Å². The minimum Gasteiger partial charge on any atom is -0.465 e. The van der Waals surface area contributed by atoms with E-state index in [1.165, 1.54) is 29.6 Å². The van der Waals surface area contributed by atoms with E-state index >= 15 is 0 Å². The highest BCUT2D eigenvalue weighted by molar-refractivity contribution is 7.89. The molecule has 2 aromatic carbocycles. The van der Waals surface area contributed by atoms with Crippen molar-refractivity contribution in [3.8, 4) is 0 Å². The Morgan fingerprint density at radius 1 is 1.03 bits per heavy atom. The van der Waals surface area contributed by atoms with Crippen molar-refractivity contribution in [2.24, 2.45) is 5.92 Å². The minimum absolute atomic E-state index is 0.0392. The third kappa shape index (κ3) is 4.85. The number of ether oxygens (including phenoxy) is 2. The van der Waals surface area contributed by atoms with Gasteiger partial charge in [-0.2, -0.15) is 4.31 Å². The first-order valence-corrected chi connectivity index (χ1v) is 12.6. The standard InChI is InChI=1S/C25H26N2O7S/c1-16-23(18-7-3-5-9-20(18)26-16)21(28)15-34-24(29)17-11-13-27(14-12-17)35(31,32)22-10-6-4-8-19(22)25(30)33-2/h3-10,17,26H,11-15H2,1-2H3. The average Bonchev–Trinajstić information content (AvgIpc) is 3.22. The summed E-state index contributed by atoms with van der Waals surface area (Å²) in [6.45, 7) is 1.59. The summed E-state index contributed by atoms with van der Waals surface area (Å²) in [6, 6.07) is 13.3. The van der Waals surface area contributed by atoms with Gasteiger partial charge in [0.05, 0.1) is 23.5 Å². The summed E-state index contributed by atoms with van der Waals surface area (Å²) in [7, 11) is -2.77. The Balaban J connectivity index is 1.37. The fourth-order valence-electron chi connectivity index (χ4n) is 4.40. The first-order valence-electron chi connectivity index (χ1n) is 11.2. The van der Waals surface area contributed by atoms with Gasteiger partial charge in [-0.15, -0.1) is 0 Å². The van der Waals surface area contributed by atoms with Crippen LogP contribution in [0.4, 0.5) is 0 Å². The fourth-order valence-corrected chi connectivity index (χ4v) is 6.05. The molecule has 4 rings (SSSR count). The minimum atomic E-state index is -3.96. The molecular formula is C25H26N2O7S. The van der Waals surface area contributed by atoms with Crippen LogP contribution in [0.2, 0.25) is 0 Å². The normalized spacial score (nSPS) is 15.1. The molecule has 1 aromatic heterocycles. The Labute approximate surface area is 203 Å². The molecule has 0 aliphatic carbocycles. The Morgan fingerprint density at radius 3 is 2.40 bits per heavy atom. The Bertz CT molecular complexity index is 1390. The predicted molar refractivity (Wildman–Crippen MR) is 128 cm³/mol. The van der Waals surface area contributed by atoms with Crippen LogP contribution in [0.15, 0.2) is 53.4 Å². The van der Waals surface area contributed by atoms with Crippen molar-refractivity contribution in [3.63, 3.8) is 0 Å². The highest BCUT2D eigenvalue weighted by Gasteiger charge is 2.35. The zero-order valence-corrected chi connectivity index (χ0v) is 20.3. The quantitative estimate of drug-likeness (QED) is 0.392. The molecule has 0 amide bonds. The third-order valence-corrected chi connectivity index (χ3v) is 8.17. The molecule has 1 aliphatic rings. The van der Waals surface area contributed by atoms with Crippen LogP contribution >= 0.6 is 0 Å². The number of esters is 2. The van der Waals surface area contributed by atoms with Gasteiger partial charge in [0.1, 0.15) is 0 Å². The topological polar surface area (TPSA) is 123 Å². The molecule has 9 nitrogen and oxygen atoms in total. The SMILES string of the molecule is COC(=O)c1ccccc1S(=O)(=O)N1CCC(C(=O)OCC(=O)c2c(C)[nH]c3ccccc23)CC1. The number of hydrogen-bond acceptors (Lipinski definition) is 7. The number of Topliss-reactive ketones (excluding diaryl/α,β-unsaturated/α-hetero) is 1. The van der Waals surface area contributed by atoms with Crippen LogP contribution < -0.4 is 0 Å². The number of sulfonamides is 1. The molecule has 0 unspecified atom stereocenters. The number of carbonyl (C=O) groups is 3.